The number of benzene rings is 8. The smallest absolute Gasteiger partial charge is 0.238 e. The average Bonchev–Trinajstić information content (AvgIpc) is 3.82. The summed E-state index contributed by atoms with van der Waals surface area (Å²) in [4.78, 5) is 15.5. The lowest BCUT2D eigenvalue weighted by Gasteiger charge is -2.13. The Hall–Kier alpha value is -7.63. The quantitative estimate of drug-likeness (QED) is 0.172. The Labute approximate surface area is 322 Å². The summed E-state index contributed by atoms with van der Waals surface area (Å²) >= 11 is 0. The second kappa shape index (κ2) is 13.0. The summed E-state index contributed by atoms with van der Waals surface area (Å²) in [5.41, 5.74) is 12.4. The van der Waals surface area contributed by atoms with Crippen LogP contribution in [-0.4, -0.2) is 19.5 Å². The SMILES string of the molecule is c1ccc(-c2cc(-c3ccccc3)cc(-c3ccc4c5ccccc5n(-c5nc(-c6ccccc6)nc(-c6ccc7c(c6)oc6ccccc67)n5)c4c3)c2)cc1. The van der Waals surface area contributed by atoms with E-state index < -0.39 is 0 Å². The molecule has 56 heavy (non-hydrogen) atoms. The number of fused-ring (bicyclic) bond motifs is 6. The molecule has 0 amide bonds. The van der Waals surface area contributed by atoms with Crippen molar-refractivity contribution < 1.29 is 4.42 Å². The van der Waals surface area contributed by atoms with E-state index >= 15 is 0 Å². The molecule has 5 nitrogen and oxygen atoms in total. The molecule has 0 radical (unpaired) electrons. The molecule has 11 aromatic rings. The fourth-order valence-electron chi connectivity index (χ4n) is 7.93. The van der Waals surface area contributed by atoms with Gasteiger partial charge in [0.1, 0.15) is 11.2 Å². The molecule has 8 aromatic carbocycles. The second-order valence-corrected chi connectivity index (χ2v) is 14.1. The van der Waals surface area contributed by atoms with Gasteiger partial charge in [0.05, 0.1) is 11.0 Å². The van der Waals surface area contributed by atoms with Gasteiger partial charge in [-0.3, -0.25) is 4.57 Å². The Morgan fingerprint density at radius 2 is 0.804 bits per heavy atom. The molecule has 0 fully saturated rings. The molecule has 0 spiro atoms. The van der Waals surface area contributed by atoms with E-state index in [1.54, 1.807) is 0 Å². The van der Waals surface area contributed by atoms with E-state index in [0.29, 0.717) is 17.6 Å². The van der Waals surface area contributed by atoms with E-state index in [4.69, 9.17) is 19.4 Å². The third-order valence-corrected chi connectivity index (χ3v) is 10.6. The molecule has 5 heteroatoms. The monoisotopic (exact) mass is 716 g/mol. The first kappa shape index (κ1) is 31.9. The summed E-state index contributed by atoms with van der Waals surface area (Å²) in [6.45, 7) is 0. The molecule has 0 atom stereocenters. The van der Waals surface area contributed by atoms with Crippen LogP contribution in [0.2, 0.25) is 0 Å². The maximum Gasteiger partial charge on any atom is 0.238 e. The van der Waals surface area contributed by atoms with Crippen LogP contribution in [0.15, 0.2) is 199 Å². The minimum absolute atomic E-state index is 0.546. The van der Waals surface area contributed by atoms with Gasteiger partial charge in [0, 0.05) is 32.7 Å². The Kier molecular flexibility index (Phi) is 7.42. The first-order valence-corrected chi connectivity index (χ1v) is 18.8. The lowest BCUT2D eigenvalue weighted by Crippen LogP contribution is -2.06. The molecule has 3 aromatic heterocycles. The summed E-state index contributed by atoms with van der Waals surface area (Å²) < 4.78 is 8.48. The number of aromatic nitrogens is 4. The Balaban J connectivity index is 1.14. The average molecular weight is 717 g/mol. The van der Waals surface area contributed by atoms with E-state index in [-0.39, 0.29) is 0 Å². The Bertz CT molecular complexity index is 3180. The van der Waals surface area contributed by atoms with Crippen LogP contribution in [0.5, 0.6) is 0 Å². The zero-order chi connectivity index (χ0) is 37.0. The molecule has 0 unspecified atom stereocenters. The molecule has 0 aliphatic carbocycles. The zero-order valence-electron chi connectivity index (χ0n) is 30.2. The van der Waals surface area contributed by atoms with E-state index in [1.807, 2.05) is 54.6 Å². The second-order valence-electron chi connectivity index (χ2n) is 14.1. The van der Waals surface area contributed by atoms with Crippen molar-refractivity contribution >= 4 is 43.7 Å². The molecule has 0 aliphatic rings. The molecule has 0 N–H and O–H groups in total. The van der Waals surface area contributed by atoms with Gasteiger partial charge in [0.15, 0.2) is 11.6 Å². The predicted molar refractivity (Wildman–Crippen MR) is 229 cm³/mol. The van der Waals surface area contributed by atoms with Gasteiger partial charge in [-0.2, -0.15) is 9.97 Å². The molecule has 0 aliphatic heterocycles. The van der Waals surface area contributed by atoms with Crippen molar-refractivity contribution in [3.8, 4) is 62.1 Å². The largest absolute Gasteiger partial charge is 0.456 e. The van der Waals surface area contributed by atoms with Gasteiger partial charge in [0.25, 0.3) is 0 Å². The van der Waals surface area contributed by atoms with E-state index in [2.05, 4.69) is 144 Å². The van der Waals surface area contributed by atoms with Crippen molar-refractivity contribution in [2.24, 2.45) is 0 Å². The molecule has 0 saturated carbocycles. The van der Waals surface area contributed by atoms with Crippen LogP contribution in [0.4, 0.5) is 0 Å². The molecule has 3 heterocycles. The maximum atomic E-state index is 6.30. The van der Waals surface area contributed by atoms with Crippen molar-refractivity contribution in [3.05, 3.63) is 194 Å². The highest BCUT2D eigenvalue weighted by Gasteiger charge is 2.20. The summed E-state index contributed by atoms with van der Waals surface area (Å²) in [6.07, 6.45) is 0. The number of nitrogens with zero attached hydrogens (tertiary/aromatic N) is 4. The Morgan fingerprint density at radius 3 is 1.50 bits per heavy atom. The third-order valence-electron chi connectivity index (χ3n) is 10.6. The Morgan fingerprint density at radius 1 is 0.304 bits per heavy atom. The van der Waals surface area contributed by atoms with Crippen LogP contribution in [0, 0.1) is 0 Å². The zero-order valence-corrected chi connectivity index (χ0v) is 30.2. The normalized spacial score (nSPS) is 11.6. The topological polar surface area (TPSA) is 56.7 Å². The fraction of sp³-hybridized carbons (Fsp3) is 0. The summed E-state index contributed by atoms with van der Waals surface area (Å²) in [5, 5.41) is 4.40. The predicted octanol–water partition coefficient (Wildman–Crippen LogP) is 13.2. The van der Waals surface area contributed by atoms with Gasteiger partial charge in [-0.25, -0.2) is 4.98 Å². The molecule has 262 valence electrons. The standard InChI is InChI=1S/C51H32N4O/c1-4-14-33(15-5-1)38-28-39(34-16-6-2-7-17-34)30-40(29-38)36-24-26-42-41-20-10-12-22-45(41)55(46(42)31-36)51-53-49(35-18-8-3-9-19-35)52-50(54-51)37-25-27-44-43-21-11-13-23-47(43)56-48(44)32-37/h1-32H. The van der Waals surface area contributed by atoms with E-state index in [9.17, 15) is 0 Å². The first-order chi connectivity index (χ1) is 27.7. The number of hydrogen-bond acceptors (Lipinski definition) is 4. The van der Waals surface area contributed by atoms with Gasteiger partial charge in [-0.15, -0.1) is 0 Å². The van der Waals surface area contributed by atoms with Gasteiger partial charge < -0.3 is 4.42 Å². The molecule has 11 rings (SSSR count). The third kappa shape index (κ3) is 5.45. The number of furan rings is 1. The van der Waals surface area contributed by atoms with Gasteiger partial charge in [-0.1, -0.05) is 146 Å². The van der Waals surface area contributed by atoms with Crippen LogP contribution in [0.1, 0.15) is 0 Å². The highest BCUT2D eigenvalue weighted by Crippen LogP contribution is 2.38. The van der Waals surface area contributed by atoms with Crippen LogP contribution in [0.3, 0.4) is 0 Å². The highest BCUT2D eigenvalue weighted by atomic mass is 16.3. The minimum Gasteiger partial charge on any atom is -0.456 e. The number of para-hydroxylation sites is 2. The summed E-state index contributed by atoms with van der Waals surface area (Å²) in [6, 6.07) is 67.7. The lowest BCUT2D eigenvalue weighted by molar-refractivity contribution is 0.669. The van der Waals surface area contributed by atoms with Crippen LogP contribution < -0.4 is 0 Å². The first-order valence-electron chi connectivity index (χ1n) is 18.8. The number of rotatable bonds is 6. The van der Waals surface area contributed by atoms with Crippen molar-refractivity contribution in [3.63, 3.8) is 0 Å². The van der Waals surface area contributed by atoms with Crippen LogP contribution >= 0.6 is 0 Å². The molecule has 0 bridgehead atoms. The van der Waals surface area contributed by atoms with Crippen molar-refractivity contribution in [1.82, 2.24) is 19.5 Å². The maximum absolute atomic E-state index is 6.30. The molecular formula is C51H32N4O. The van der Waals surface area contributed by atoms with Crippen molar-refractivity contribution in [2.75, 3.05) is 0 Å². The van der Waals surface area contributed by atoms with Crippen LogP contribution in [0.25, 0.3) is 106 Å². The molecule has 0 saturated heterocycles. The summed E-state index contributed by atoms with van der Waals surface area (Å²) in [7, 11) is 0. The minimum atomic E-state index is 0.546. The van der Waals surface area contributed by atoms with E-state index in [1.165, 1.54) is 22.3 Å². The highest BCUT2D eigenvalue weighted by molar-refractivity contribution is 6.10. The van der Waals surface area contributed by atoms with Gasteiger partial charge in [-0.05, 0) is 81.9 Å². The van der Waals surface area contributed by atoms with Gasteiger partial charge in [0.2, 0.25) is 5.95 Å². The lowest BCUT2D eigenvalue weighted by atomic mass is 9.93. The number of hydrogen-bond donors (Lipinski definition) is 0. The van der Waals surface area contributed by atoms with Crippen LogP contribution in [-0.2, 0) is 0 Å². The van der Waals surface area contributed by atoms with Crippen molar-refractivity contribution in [2.45, 2.75) is 0 Å². The van der Waals surface area contributed by atoms with E-state index in [0.717, 1.165) is 66.0 Å². The summed E-state index contributed by atoms with van der Waals surface area (Å²) in [5.74, 6) is 1.71. The fourth-order valence-corrected chi connectivity index (χ4v) is 7.93. The van der Waals surface area contributed by atoms with Gasteiger partial charge >= 0.3 is 0 Å². The molecular weight excluding hydrogens is 685 g/mol. The van der Waals surface area contributed by atoms with Crippen molar-refractivity contribution in [1.29, 1.82) is 0 Å².